The normalized spacial score (nSPS) is 12.5. The Balaban J connectivity index is 2.93. The van der Waals surface area contributed by atoms with Crippen molar-refractivity contribution in [1.82, 2.24) is 0 Å². The van der Waals surface area contributed by atoms with E-state index in [1.54, 1.807) is 0 Å². The van der Waals surface area contributed by atoms with E-state index < -0.39 is 0 Å². The summed E-state index contributed by atoms with van der Waals surface area (Å²) >= 11 is 0. The molecule has 1 atom stereocenters. The molecule has 0 saturated carbocycles. The lowest BCUT2D eigenvalue weighted by molar-refractivity contribution is -0.146. The highest BCUT2D eigenvalue weighted by Crippen LogP contribution is 2.26. The molecule has 2 N–H and O–H groups in total. The number of carbonyl (C=O) groups is 1. The molecule has 1 aromatic rings. The molecule has 0 amide bonds. The zero-order chi connectivity index (χ0) is 12.1. The molecule has 0 radical (unpaired) electrons. The van der Waals surface area contributed by atoms with Gasteiger partial charge in [0, 0.05) is 5.69 Å². The van der Waals surface area contributed by atoms with Gasteiger partial charge >= 0.3 is 5.97 Å². The minimum absolute atomic E-state index is 0.165. The third-order valence-electron chi connectivity index (χ3n) is 2.50. The van der Waals surface area contributed by atoms with Crippen LogP contribution >= 0.6 is 0 Å². The number of rotatable bonds is 4. The van der Waals surface area contributed by atoms with Crippen LogP contribution < -0.4 is 5.73 Å². The molecule has 1 rings (SSSR count). The van der Waals surface area contributed by atoms with Crippen LogP contribution in [0, 0.1) is 5.92 Å². The Morgan fingerprint density at radius 3 is 2.31 bits per heavy atom. The van der Waals surface area contributed by atoms with Crippen molar-refractivity contribution in [2.24, 2.45) is 5.92 Å². The molecule has 0 bridgehead atoms. The molecular formula is C13H19NO2. The molecule has 0 aliphatic carbocycles. The maximum absolute atomic E-state index is 11.8. The SMILES string of the molecule is CCOC(=O)C(c1ccc(N)cc1)C(C)C. The molecular weight excluding hydrogens is 202 g/mol. The maximum atomic E-state index is 11.8. The van der Waals surface area contributed by atoms with Crippen molar-refractivity contribution in [3.63, 3.8) is 0 Å². The predicted octanol–water partition coefficient (Wildman–Crippen LogP) is 2.57. The molecule has 0 aromatic heterocycles. The molecule has 0 spiro atoms. The first-order chi connectivity index (χ1) is 7.56. The summed E-state index contributed by atoms with van der Waals surface area (Å²) in [6.07, 6.45) is 0. The van der Waals surface area contributed by atoms with Gasteiger partial charge < -0.3 is 10.5 Å². The van der Waals surface area contributed by atoms with Gasteiger partial charge in [-0.15, -0.1) is 0 Å². The highest BCUT2D eigenvalue weighted by molar-refractivity contribution is 5.78. The van der Waals surface area contributed by atoms with Gasteiger partial charge in [-0.05, 0) is 30.5 Å². The van der Waals surface area contributed by atoms with E-state index in [2.05, 4.69) is 0 Å². The summed E-state index contributed by atoms with van der Waals surface area (Å²) in [5.74, 6) is -0.162. The molecule has 1 aromatic carbocycles. The Morgan fingerprint density at radius 2 is 1.88 bits per heavy atom. The second kappa shape index (κ2) is 5.54. The van der Waals surface area contributed by atoms with E-state index in [-0.39, 0.29) is 17.8 Å². The fourth-order valence-electron chi connectivity index (χ4n) is 1.73. The molecule has 1 unspecified atom stereocenters. The lowest BCUT2D eigenvalue weighted by Gasteiger charge is -2.19. The summed E-state index contributed by atoms with van der Waals surface area (Å²) in [7, 11) is 0. The highest BCUT2D eigenvalue weighted by atomic mass is 16.5. The van der Waals surface area contributed by atoms with Gasteiger partial charge in [-0.25, -0.2) is 0 Å². The number of anilines is 1. The van der Waals surface area contributed by atoms with Gasteiger partial charge in [0.15, 0.2) is 0 Å². The second-order valence-corrected chi connectivity index (χ2v) is 4.14. The first-order valence-corrected chi connectivity index (χ1v) is 5.58. The van der Waals surface area contributed by atoms with Gasteiger partial charge in [0.2, 0.25) is 0 Å². The minimum Gasteiger partial charge on any atom is -0.466 e. The van der Waals surface area contributed by atoms with Crippen LogP contribution in [0.25, 0.3) is 0 Å². The van der Waals surface area contributed by atoms with Crippen molar-refractivity contribution in [3.8, 4) is 0 Å². The van der Waals surface area contributed by atoms with Gasteiger partial charge in [0.1, 0.15) is 0 Å². The Kier molecular flexibility index (Phi) is 4.35. The van der Waals surface area contributed by atoms with E-state index >= 15 is 0 Å². The lowest BCUT2D eigenvalue weighted by atomic mass is 9.88. The van der Waals surface area contributed by atoms with E-state index in [9.17, 15) is 4.79 Å². The summed E-state index contributed by atoms with van der Waals surface area (Å²) in [5, 5.41) is 0. The molecule has 0 heterocycles. The largest absolute Gasteiger partial charge is 0.466 e. The standard InChI is InChI=1S/C13H19NO2/c1-4-16-13(15)12(9(2)3)10-5-7-11(14)8-6-10/h5-9,12H,4,14H2,1-3H3. The summed E-state index contributed by atoms with van der Waals surface area (Å²) in [6.45, 7) is 6.26. The topological polar surface area (TPSA) is 52.3 Å². The second-order valence-electron chi connectivity index (χ2n) is 4.14. The molecule has 88 valence electrons. The van der Waals surface area contributed by atoms with E-state index in [4.69, 9.17) is 10.5 Å². The van der Waals surface area contributed by atoms with Gasteiger partial charge in [0.05, 0.1) is 12.5 Å². The number of ether oxygens (including phenoxy) is 1. The summed E-state index contributed by atoms with van der Waals surface area (Å²) in [6, 6.07) is 7.39. The number of esters is 1. The van der Waals surface area contributed by atoms with Crippen molar-refractivity contribution >= 4 is 11.7 Å². The van der Waals surface area contributed by atoms with Crippen molar-refractivity contribution in [1.29, 1.82) is 0 Å². The third-order valence-corrected chi connectivity index (χ3v) is 2.50. The molecule has 0 aliphatic heterocycles. The summed E-state index contributed by atoms with van der Waals surface area (Å²) in [4.78, 5) is 11.8. The molecule has 3 heteroatoms. The van der Waals surface area contributed by atoms with Crippen molar-refractivity contribution in [2.75, 3.05) is 12.3 Å². The zero-order valence-corrected chi connectivity index (χ0v) is 10.1. The number of nitrogens with two attached hydrogens (primary N) is 1. The van der Waals surface area contributed by atoms with Gasteiger partial charge in [-0.3, -0.25) is 4.79 Å². The molecule has 0 aliphatic rings. The third kappa shape index (κ3) is 2.99. The van der Waals surface area contributed by atoms with Gasteiger partial charge in [0.25, 0.3) is 0 Å². The van der Waals surface area contributed by atoms with Crippen LogP contribution in [0.5, 0.6) is 0 Å². The molecule has 0 fully saturated rings. The summed E-state index contributed by atoms with van der Waals surface area (Å²) in [5.41, 5.74) is 7.29. The Bertz CT molecular complexity index is 343. The predicted molar refractivity (Wildman–Crippen MR) is 65.1 cm³/mol. The van der Waals surface area contributed by atoms with Crippen LogP contribution in [-0.2, 0) is 9.53 Å². The first-order valence-electron chi connectivity index (χ1n) is 5.58. The lowest BCUT2D eigenvalue weighted by Crippen LogP contribution is -2.20. The van der Waals surface area contributed by atoms with Crippen molar-refractivity contribution in [2.45, 2.75) is 26.7 Å². The number of nitrogen functional groups attached to an aromatic ring is 1. The Hall–Kier alpha value is -1.51. The average molecular weight is 221 g/mol. The molecule has 0 saturated heterocycles. The van der Waals surface area contributed by atoms with E-state index in [1.807, 2.05) is 45.0 Å². The average Bonchev–Trinajstić information content (AvgIpc) is 2.21. The first kappa shape index (κ1) is 12.6. The molecule has 16 heavy (non-hydrogen) atoms. The van der Waals surface area contributed by atoms with Crippen LogP contribution in [0.15, 0.2) is 24.3 Å². The Labute approximate surface area is 96.6 Å². The monoisotopic (exact) mass is 221 g/mol. The highest BCUT2D eigenvalue weighted by Gasteiger charge is 2.25. The number of hydrogen-bond acceptors (Lipinski definition) is 3. The minimum atomic E-state index is -0.208. The van der Waals surface area contributed by atoms with Crippen LogP contribution in [0.1, 0.15) is 32.3 Å². The zero-order valence-electron chi connectivity index (χ0n) is 10.1. The van der Waals surface area contributed by atoms with Crippen LogP contribution in [0.2, 0.25) is 0 Å². The van der Waals surface area contributed by atoms with E-state index in [0.29, 0.717) is 12.3 Å². The van der Waals surface area contributed by atoms with Crippen LogP contribution in [0.3, 0.4) is 0 Å². The Morgan fingerprint density at radius 1 is 1.31 bits per heavy atom. The quantitative estimate of drug-likeness (QED) is 0.628. The smallest absolute Gasteiger partial charge is 0.313 e. The maximum Gasteiger partial charge on any atom is 0.313 e. The van der Waals surface area contributed by atoms with E-state index in [0.717, 1.165) is 5.56 Å². The number of benzene rings is 1. The fourth-order valence-corrected chi connectivity index (χ4v) is 1.73. The summed E-state index contributed by atoms with van der Waals surface area (Å²) < 4.78 is 5.08. The van der Waals surface area contributed by atoms with Crippen molar-refractivity contribution in [3.05, 3.63) is 29.8 Å². The van der Waals surface area contributed by atoms with E-state index in [1.165, 1.54) is 0 Å². The number of hydrogen-bond donors (Lipinski definition) is 1. The van der Waals surface area contributed by atoms with Crippen LogP contribution in [0.4, 0.5) is 5.69 Å². The van der Waals surface area contributed by atoms with Gasteiger partial charge in [-0.1, -0.05) is 26.0 Å². The molecule has 3 nitrogen and oxygen atoms in total. The number of carbonyl (C=O) groups excluding carboxylic acids is 1. The van der Waals surface area contributed by atoms with Gasteiger partial charge in [-0.2, -0.15) is 0 Å². The fraction of sp³-hybridized carbons (Fsp3) is 0.462. The van der Waals surface area contributed by atoms with Crippen molar-refractivity contribution < 1.29 is 9.53 Å². The van der Waals surface area contributed by atoms with Crippen LogP contribution in [-0.4, -0.2) is 12.6 Å².